The van der Waals surface area contributed by atoms with Gasteiger partial charge >= 0.3 is 0 Å². The molecule has 11 heteroatoms. The van der Waals surface area contributed by atoms with Crippen molar-refractivity contribution in [2.75, 3.05) is 26.3 Å². The van der Waals surface area contributed by atoms with Crippen LogP contribution in [0.3, 0.4) is 0 Å². The molecule has 0 saturated carbocycles. The van der Waals surface area contributed by atoms with Gasteiger partial charge in [-0.15, -0.1) is 11.3 Å². The van der Waals surface area contributed by atoms with Gasteiger partial charge in [-0.2, -0.15) is 4.31 Å². The molecule has 4 rings (SSSR count). The van der Waals surface area contributed by atoms with Crippen LogP contribution in [0, 0.1) is 0 Å². The fourth-order valence-electron chi connectivity index (χ4n) is 3.06. The number of thiazole rings is 1. The van der Waals surface area contributed by atoms with E-state index in [4.69, 9.17) is 9.88 Å². The molecular weight excluding hydrogens is 446 g/mol. The molecule has 1 aromatic heterocycles. The van der Waals surface area contributed by atoms with Crippen LogP contribution in [0.25, 0.3) is 21.8 Å². The molecule has 2 N–H and O–H groups in total. The van der Waals surface area contributed by atoms with Crippen LogP contribution < -0.4 is 5.14 Å². The Hall–Kier alpha value is -2.15. The number of rotatable bonds is 5. The Morgan fingerprint density at radius 1 is 0.867 bits per heavy atom. The lowest BCUT2D eigenvalue weighted by molar-refractivity contribution is 0.0730. The SMILES string of the molecule is NS(=O)(=O)c1ccc(-c2nc(-c3ccc(S(=O)(=O)N4CCOCC4)cc3)cs2)cc1. The first-order valence-electron chi connectivity index (χ1n) is 9.02. The Labute approximate surface area is 179 Å². The van der Waals surface area contributed by atoms with E-state index in [0.29, 0.717) is 32.0 Å². The van der Waals surface area contributed by atoms with E-state index < -0.39 is 20.0 Å². The Kier molecular flexibility index (Phi) is 5.75. The topological polar surface area (TPSA) is 120 Å². The first-order chi connectivity index (χ1) is 14.2. The third kappa shape index (κ3) is 4.31. The van der Waals surface area contributed by atoms with Gasteiger partial charge in [0.25, 0.3) is 0 Å². The van der Waals surface area contributed by atoms with Crippen LogP contribution in [0.4, 0.5) is 0 Å². The summed E-state index contributed by atoms with van der Waals surface area (Å²) in [5.74, 6) is 0. The van der Waals surface area contributed by atoms with Crippen LogP contribution in [0.1, 0.15) is 0 Å². The van der Waals surface area contributed by atoms with Crippen molar-refractivity contribution in [3.63, 3.8) is 0 Å². The molecule has 0 atom stereocenters. The largest absolute Gasteiger partial charge is 0.379 e. The number of hydrogen-bond donors (Lipinski definition) is 1. The van der Waals surface area contributed by atoms with Gasteiger partial charge in [-0.3, -0.25) is 0 Å². The summed E-state index contributed by atoms with van der Waals surface area (Å²) in [6, 6.07) is 12.8. The maximum atomic E-state index is 12.7. The van der Waals surface area contributed by atoms with Crippen molar-refractivity contribution in [3.05, 3.63) is 53.9 Å². The summed E-state index contributed by atoms with van der Waals surface area (Å²) in [5.41, 5.74) is 2.27. The number of ether oxygens (including phenoxy) is 1. The fourth-order valence-corrected chi connectivity index (χ4v) is 5.82. The number of morpholine rings is 1. The van der Waals surface area contributed by atoms with Gasteiger partial charge in [0.05, 0.1) is 28.7 Å². The van der Waals surface area contributed by atoms with Crippen LogP contribution in [0.5, 0.6) is 0 Å². The second kappa shape index (κ2) is 8.17. The molecule has 3 aromatic rings. The Bertz CT molecular complexity index is 1250. The normalized spacial score (nSPS) is 15.9. The predicted octanol–water partition coefficient (Wildman–Crippen LogP) is 2.15. The van der Waals surface area contributed by atoms with Gasteiger partial charge in [-0.1, -0.05) is 24.3 Å². The molecule has 0 bridgehead atoms. The summed E-state index contributed by atoms with van der Waals surface area (Å²) < 4.78 is 54.9. The molecule has 0 radical (unpaired) electrons. The molecule has 30 heavy (non-hydrogen) atoms. The fraction of sp³-hybridized carbons (Fsp3) is 0.211. The average molecular weight is 466 g/mol. The highest BCUT2D eigenvalue weighted by Crippen LogP contribution is 2.30. The van der Waals surface area contributed by atoms with Crippen LogP contribution in [0.2, 0.25) is 0 Å². The molecule has 0 unspecified atom stereocenters. The van der Waals surface area contributed by atoms with Crippen molar-refractivity contribution in [1.29, 1.82) is 0 Å². The minimum absolute atomic E-state index is 0.0418. The van der Waals surface area contributed by atoms with E-state index >= 15 is 0 Å². The minimum atomic E-state index is -3.74. The monoisotopic (exact) mass is 465 g/mol. The molecule has 0 spiro atoms. The van der Waals surface area contributed by atoms with Crippen LogP contribution in [-0.2, 0) is 24.8 Å². The van der Waals surface area contributed by atoms with E-state index in [2.05, 4.69) is 4.98 Å². The number of primary sulfonamides is 1. The van der Waals surface area contributed by atoms with Crippen LogP contribution >= 0.6 is 11.3 Å². The third-order valence-electron chi connectivity index (χ3n) is 4.69. The quantitative estimate of drug-likeness (QED) is 0.617. The predicted molar refractivity (Wildman–Crippen MR) is 114 cm³/mol. The number of sulfonamides is 2. The van der Waals surface area contributed by atoms with Gasteiger partial charge in [-0.05, 0) is 24.3 Å². The molecular formula is C19H19N3O5S3. The maximum Gasteiger partial charge on any atom is 0.243 e. The lowest BCUT2D eigenvalue weighted by Crippen LogP contribution is -2.40. The van der Waals surface area contributed by atoms with E-state index in [1.165, 1.54) is 27.8 Å². The highest BCUT2D eigenvalue weighted by molar-refractivity contribution is 7.89. The number of nitrogens with zero attached hydrogens (tertiary/aromatic N) is 2. The first kappa shape index (κ1) is 21.1. The first-order valence-corrected chi connectivity index (χ1v) is 12.9. The third-order valence-corrected chi connectivity index (χ3v) is 8.43. The van der Waals surface area contributed by atoms with Gasteiger partial charge in [0.1, 0.15) is 5.01 Å². The summed E-state index contributed by atoms with van der Waals surface area (Å²) in [5, 5.41) is 7.71. The minimum Gasteiger partial charge on any atom is -0.379 e. The molecule has 8 nitrogen and oxygen atoms in total. The molecule has 2 heterocycles. The maximum absolute atomic E-state index is 12.7. The smallest absolute Gasteiger partial charge is 0.243 e. The van der Waals surface area contributed by atoms with Crippen molar-refractivity contribution in [2.45, 2.75) is 9.79 Å². The Morgan fingerprint density at radius 3 is 2.03 bits per heavy atom. The molecule has 1 aliphatic heterocycles. The zero-order valence-electron chi connectivity index (χ0n) is 15.8. The molecule has 2 aromatic carbocycles. The van der Waals surface area contributed by atoms with Crippen LogP contribution in [0.15, 0.2) is 63.7 Å². The second-order valence-corrected chi connectivity index (χ2v) is 11.0. The molecule has 1 saturated heterocycles. The number of hydrogen-bond acceptors (Lipinski definition) is 7. The summed E-state index contributed by atoms with van der Waals surface area (Å²) in [4.78, 5) is 4.87. The molecule has 0 amide bonds. The second-order valence-electron chi connectivity index (χ2n) is 6.65. The van der Waals surface area contributed by atoms with Crippen molar-refractivity contribution in [3.8, 4) is 21.8 Å². The molecule has 1 aliphatic rings. The van der Waals surface area contributed by atoms with E-state index in [1.54, 1.807) is 36.4 Å². The van der Waals surface area contributed by atoms with E-state index in [9.17, 15) is 16.8 Å². The van der Waals surface area contributed by atoms with Crippen molar-refractivity contribution in [2.24, 2.45) is 5.14 Å². The number of aromatic nitrogens is 1. The Balaban J connectivity index is 1.55. The van der Waals surface area contributed by atoms with E-state index in [-0.39, 0.29) is 9.79 Å². The van der Waals surface area contributed by atoms with Gasteiger partial charge < -0.3 is 4.74 Å². The zero-order chi connectivity index (χ0) is 21.4. The standard InChI is InChI=1S/C19H19N3O5S3/c20-29(23,24)16-5-3-15(4-6-16)19-21-18(13-28-19)14-1-7-17(8-2-14)30(25,26)22-9-11-27-12-10-22/h1-8,13H,9-12H2,(H2,20,23,24). The van der Waals surface area contributed by atoms with Gasteiger partial charge in [0.15, 0.2) is 0 Å². The molecule has 0 aliphatic carbocycles. The van der Waals surface area contributed by atoms with Gasteiger partial charge in [0.2, 0.25) is 20.0 Å². The van der Waals surface area contributed by atoms with Crippen molar-refractivity contribution in [1.82, 2.24) is 9.29 Å². The summed E-state index contributed by atoms with van der Waals surface area (Å²) in [7, 11) is -7.28. The lowest BCUT2D eigenvalue weighted by atomic mass is 10.2. The highest BCUT2D eigenvalue weighted by atomic mass is 32.2. The van der Waals surface area contributed by atoms with Gasteiger partial charge in [-0.25, -0.2) is 27.0 Å². The Morgan fingerprint density at radius 2 is 1.43 bits per heavy atom. The molecule has 1 fully saturated rings. The lowest BCUT2D eigenvalue weighted by Gasteiger charge is -2.26. The molecule has 158 valence electrons. The van der Waals surface area contributed by atoms with Crippen molar-refractivity contribution >= 4 is 31.4 Å². The van der Waals surface area contributed by atoms with Crippen LogP contribution in [-0.4, -0.2) is 52.4 Å². The summed E-state index contributed by atoms with van der Waals surface area (Å²) >= 11 is 1.41. The van der Waals surface area contributed by atoms with Gasteiger partial charge in [0, 0.05) is 29.6 Å². The number of benzene rings is 2. The summed E-state index contributed by atoms with van der Waals surface area (Å²) in [6.45, 7) is 1.50. The zero-order valence-corrected chi connectivity index (χ0v) is 18.2. The van der Waals surface area contributed by atoms with E-state index in [1.807, 2.05) is 5.38 Å². The average Bonchev–Trinajstić information content (AvgIpc) is 3.24. The number of nitrogens with two attached hydrogens (primary N) is 1. The highest BCUT2D eigenvalue weighted by Gasteiger charge is 2.26. The van der Waals surface area contributed by atoms with E-state index in [0.717, 1.165) is 16.1 Å². The summed E-state index contributed by atoms with van der Waals surface area (Å²) in [6.07, 6.45) is 0. The van der Waals surface area contributed by atoms with Crippen molar-refractivity contribution < 1.29 is 21.6 Å².